The maximum atomic E-state index is 9.33. The number of aromatic nitrogens is 4. The van der Waals surface area contributed by atoms with E-state index in [2.05, 4.69) is 95.5 Å². The summed E-state index contributed by atoms with van der Waals surface area (Å²) in [5.41, 5.74) is 4.52. The van der Waals surface area contributed by atoms with Crippen LogP contribution in [0.25, 0.3) is 0 Å². The zero-order valence-corrected chi connectivity index (χ0v) is 40.0. The summed E-state index contributed by atoms with van der Waals surface area (Å²) in [7, 11) is 2.00. The number of carboxylic acids is 4. The molecule has 0 unspecified atom stereocenters. The van der Waals surface area contributed by atoms with Crippen molar-refractivity contribution in [2.24, 2.45) is 0 Å². The Morgan fingerprint density at radius 3 is 0.697 bits per heavy atom. The van der Waals surface area contributed by atoms with Gasteiger partial charge in [-0.2, -0.15) is 0 Å². The van der Waals surface area contributed by atoms with Crippen molar-refractivity contribution in [1.82, 2.24) is 29.7 Å². The first-order chi connectivity index (χ1) is 27.4. The van der Waals surface area contributed by atoms with Crippen molar-refractivity contribution in [2.45, 2.75) is 78.8 Å². The third kappa shape index (κ3) is 46.2. The molecule has 0 aromatic carbocycles. The minimum absolute atomic E-state index is 0. The van der Waals surface area contributed by atoms with Gasteiger partial charge in [-0.15, -0.1) is 0 Å². The second-order valence-corrected chi connectivity index (χ2v) is 13.0. The zero-order valence-electron chi connectivity index (χ0n) is 37.7. The third-order valence-corrected chi connectivity index (χ3v) is 6.75. The molecular weight excluding hydrogens is 954 g/mol. The Morgan fingerprint density at radius 2 is 0.591 bits per heavy atom. The first-order valence-electron chi connectivity index (χ1n) is 17.2. The molecule has 0 aliphatic carbocycles. The standard InChI is InChI=1S/2C16H21N3.2C4H2O4.2CH4O.2Mn.6H2O/c2*1-16(2,3)19(12-14-8-4-6-10-17-14)13-15-9-5-7-11-18-15;2*5-3(6)1-2-4(7)8;2*1-2;;;;;;;;/h2*4-11H,12-13H2,1-3H3;2*(H,5,6)(H,7,8);2*2H,1H3;;;6*1H2/q;;;;;;2*+2;;;;;;/p-4. The van der Waals surface area contributed by atoms with E-state index in [4.69, 9.17) is 10.2 Å². The van der Waals surface area contributed by atoms with Crippen molar-refractivity contribution in [3.8, 4) is 23.7 Å². The number of aliphatic hydroxyl groups is 2. The van der Waals surface area contributed by atoms with Crippen molar-refractivity contribution in [2.75, 3.05) is 14.2 Å². The molecule has 0 saturated heterocycles. The van der Waals surface area contributed by atoms with E-state index in [0.29, 0.717) is 0 Å². The number of rotatable bonds is 8. The number of nitrogens with zero attached hydrogens (tertiary/aromatic N) is 6. The fraction of sp³-hybridized carbons (Fsp3) is 0.333. The van der Waals surface area contributed by atoms with Crippen LogP contribution in [0.3, 0.4) is 0 Å². The molecule has 0 saturated carbocycles. The summed E-state index contributed by atoms with van der Waals surface area (Å²) >= 11 is 0. The molecule has 66 heavy (non-hydrogen) atoms. The van der Waals surface area contributed by atoms with Gasteiger partial charge in [0.1, 0.15) is 23.9 Å². The van der Waals surface area contributed by atoms with Gasteiger partial charge in [0, 0.05) is 76.3 Å². The van der Waals surface area contributed by atoms with Crippen LogP contribution in [-0.2, 0) is 79.5 Å². The number of hydrogen-bond donors (Lipinski definition) is 2. The summed E-state index contributed by atoms with van der Waals surface area (Å²) in [6, 6.07) is 24.2. The van der Waals surface area contributed by atoms with E-state index in [0.717, 1.165) is 63.2 Å². The molecule has 22 nitrogen and oxygen atoms in total. The minimum Gasteiger partial charge on any atom is -0.537 e. The van der Waals surface area contributed by atoms with Crippen LogP contribution < -0.4 is 20.4 Å². The van der Waals surface area contributed by atoms with Crippen LogP contribution in [0.5, 0.6) is 0 Å². The van der Waals surface area contributed by atoms with Crippen molar-refractivity contribution in [3.05, 3.63) is 120 Å². The van der Waals surface area contributed by atoms with Crippen LogP contribution in [0.2, 0.25) is 0 Å². The van der Waals surface area contributed by atoms with Gasteiger partial charge in [0.15, 0.2) is 0 Å². The Balaban J connectivity index is -0.0000000787. The Kier molecular flexibility index (Phi) is 61.8. The van der Waals surface area contributed by atoms with Gasteiger partial charge in [-0.05, 0) is 114 Å². The Hall–Kier alpha value is -5.76. The van der Waals surface area contributed by atoms with Gasteiger partial charge in [-0.25, -0.2) is 0 Å². The minimum atomic E-state index is -1.73. The van der Waals surface area contributed by atoms with Crippen LogP contribution in [0.15, 0.2) is 97.6 Å². The molecule has 0 bridgehead atoms. The van der Waals surface area contributed by atoms with Gasteiger partial charge in [-0.3, -0.25) is 29.7 Å². The van der Waals surface area contributed by atoms with E-state index >= 15 is 0 Å². The van der Waals surface area contributed by atoms with Crippen molar-refractivity contribution in [3.63, 3.8) is 0 Å². The Morgan fingerprint density at radius 1 is 0.424 bits per heavy atom. The molecule has 2 radical (unpaired) electrons. The summed E-state index contributed by atoms with van der Waals surface area (Å²) in [5.74, 6) is -1.96. The molecular formula is C42H62Mn2N6O16. The normalized spacial score (nSPS) is 8.55. The Labute approximate surface area is 406 Å². The van der Waals surface area contributed by atoms with Crippen molar-refractivity contribution < 1.29 is 117 Å². The first-order valence-corrected chi connectivity index (χ1v) is 17.2. The summed E-state index contributed by atoms with van der Waals surface area (Å²) in [6.45, 7) is 16.7. The van der Waals surface area contributed by atoms with E-state index in [1.165, 1.54) is 23.7 Å². The SMILES string of the molecule is CC(C)(C)N(Cc1ccccn1)Cc1ccccn1.CC(C)(C)N(Cc1ccccn1)Cc1ccccn1.CO.CO.O.O.O.O.O.O.O=C([O-])C#CC(=O)[O-].O=C([O-])C#CC(=O)[O-].[Mn+2].[Mn+2]. The molecule has 0 spiro atoms. The van der Waals surface area contributed by atoms with Crippen molar-refractivity contribution in [1.29, 1.82) is 0 Å². The topological polar surface area (TPSA) is 448 Å². The summed E-state index contributed by atoms with van der Waals surface area (Å²) in [5, 5.41) is 51.3. The average molecular weight is 1020 g/mol. The van der Waals surface area contributed by atoms with Crippen molar-refractivity contribution >= 4 is 23.9 Å². The molecule has 370 valence electrons. The number of pyridine rings is 4. The second kappa shape index (κ2) is 48.7. The van der Waals surface area contributed by atoms with E-state index < -0.39 is 23.9 Å². The molecule has 4 aromatic rings. The van der Waals surface area contributed by atoms with Crippen LogP contribution in [0, 0.1) is 23.7 Å². The van der Waals surface area contributed by atoms with E-state index in [9.17, 15) is 39.6 Å². The monoisotopic (exact) mass is 1020 g/mol. The Bertz CT molecular complexity index is 1630. The van der Waals surface area contributed by atoms with Gasteiger partial charge in [0.25, 0.3) is 0 Å². The largest absolute Gasteiger partial charge is 2.00 e. The molecule has 24 heteroatoms. The van der Waals surface area contributed by atoms with Gasteiger partial charge in [0.2, 0.25) is 0 Å². The summed E-state index contributed by atoms with van der Waals surface area (Å²) < 4.78 is 0. The molecule has 14 N–H and O–H groups in total. The third-order valence-electron chi connectivity index (χ3n) is 6.75. The molecule has 4 aromatic heterocycles. The maximum Gasteiger partial charge on any atom is 2.00 e. The zero-order chi connectivity index (χ0) is 44.6. The quantitative estimate of drug-likeness (QED) is 0.122. The molecule has 0 aliphatic rings. The molecule has 0 amide bonds. The smallest absolute Gasteiger partial charge is 0.537 e. The first kappa shape index (κ1) is 83.8. The van der Waals surface area contributed by atoms with Gasteiger partial charge >= 0.3 is 34.1 Å². The second-order valence-electron chi connectivity index (χ2n) is 13.0. The number of carbonyl (C=O) groups excluding carboxylic acids is 4. The predicted molar refractivity (Wildman–Crippen MR) is 228 cm³/mol. The number of aliphatic hydroxyl groups excluding tert-OH is 2. The number of carbonyl (C=O) groups is 4. The van der Waals surface area contributed by atoms with E-state index in [-0.39, 0.29) is 78.1 Å². The maximum absolute atomic E-state index is 9.33. The van der Waals surface area contributed by atoms with E-state index in [1.54, 1.807) is 0 Å². The van der Waals surface area contributed by atoms with Crippen LogP contribution in [-0.4, -0.2) is 122 Å². The van der Waals surface area contributed by atoms with Gasteiger partial charge < -0.3 is 82.7 Å². The predicted octanol–water partition coefficient (Wildman–Crippen LogP) is -6.20. The van der Waals surface area contributed by atoms with Crippen LogP contribution in [0.1, 0.15) is 64.3 Å². The number of hydrogen-bond acceptors (Lipinski definition) is 16. The summed E-state index contributed by atoms with van der Waals surface area (Å²) in [6.07, 6.45) is 7.38. The molecule has 4 rings (SSSR count). The molecule has 0 atom stereocenters. The molecule has 0 aliphatic heterocycles. The molecule has 0 fully saturated rings. The molecule has 4 heterocycles. The summed E-state index contributed by atoms with van der Waals surface area (Å²) in [4.78, 5) is 59.7. The number of aliphatic carboxylic acids is 4. The van der Waals surface area contributed by atoms with Gasteiger partial charge in [0.05, 0.1) is 22.8 Å². The van der Waals surface area contributed by atoms with Crippen LogP contribution >= 0.6 is 0 Å². The van der Waals surface area contributed by atoms with Gasteiger partial charge in [-0.1, -0.05) is 24.3 Å². The fourth-order valence-corrected chi connectivity index (χ4v) is 4.01. The van der Waals surface area contributed by atoms with E-state index in [1.807, 2.05) is 73.3 Å². The fourth-order valence-electron chi connectivity index (χ4n) is 4.01. The van der Waals surface area contributed by atoms with Crippen LogP contribution in [0.4, 0.5) is 0 Å². The average Bonchev–Trinajstić information content (AvgIpc) is 3.19. The number of carboxylic acid groups (broad SMARTS) is 4.